The molecule has 8 nitrogen and oxygen atoms in total. The molecule has 2 rings (SSSR count). The first-order valence-electron chi connectivity index (χ1n) is 12.8. The van der Waals surface area contributed by atoms with Crippen LogP contribution in [0.4, 0.5) is 0 Å². The van der Waals surface area contributed by atoms with E-state index >= 15 is 0 Å². The minimum atomic E-state index is -0.558. The molecule has 9 heteroatoms. The van der Waals surface area contributed by atoms with Crippen molar-refractivity contribution in [2.24, 2.45) is 0 Å². The van der Waals surface area contributed by atoms with Crippen molar-refractivity contribution in [1.82, 2.24) is 0 Å². The molecule has 0 amide bonds. The summed E-state index contributed by atoms with van der Waals surface area (Å²) < 4.78 is 26.3. The Labute approximate surface area is 234 Å². The van der Waals surface area contributed by atoms with Crippen molar-refractivity contribution in [1.29, 1.82) is 0 Å². The lowest BCUT2D eigenvalue weighted by molar-refractivity contribution is -0.140. The zero-order chi connectivity index (χ0) is 28.5. The van der Waals surface area contributed by atoms with Crippen molar-refractivity contribution in [3.63, 3.8) is 0 Å². The van der Waals surface area contributed by atoms with E-state index in [0.29, 0.717) is 48.9 Å². The first-order chi connectivity index (χ1) is 18.8. The monoisotopic (exact) mass is 558 g/mol. The summed E-state index contributed by atoms with van der Waals surface area (Å²) in [5.41, 5.74) is 1.40. The highest BCUT2D eigenvalue weighted by Crippen LogP contribution is 2.27. The van der Waals surface area contributed by atoms with Gasteiger partial charge in [-0.1, -0.05) is 24.2 Å². The lowest BCUT2D eigenvalue weighted by Crippen LogP contribution is -2.09. The molecule has 210 valence electrons. The summed E-state index contributed by atoms with van der Waals surface area (Å²) in [4.78, 5) is 35.6. The summed E-state index contributed by atoms with van der Waals surface area (Å²) in [6.07, 6.45) is 6.38. The third-order valence-corrected chi connectivity index (χ3v) is 5.52. The highest BCUT2D eigenvalue weighted by molar-refractivity contribution is 6.32. The molecule has 0 radical (unpaired) electrons. The van der Waals surface area contributed by atoms with Crippen molar-refractivity contribution in [3.05, 3.63) is 76.8 Å². The minimum Gasteiger partial charge on any atom is -0.494 e. The summed E-state index contributed by atoms with van der Waals surface area (Å²) in [6.45, 7) is 9.04. The van der Waals surface area contributed by atoms with E-state index in [9.17, 15) is 14.4 Å². The number of unbranched alkanes of at least 4 members (excludes halogenated alkanes) is 3. The largest absolute Gasteiger partial charge is 0.494 e. The maximum absolute atomic E-state index is 12.5. The molecule has 0 saturated heterocycles. The predicted molar refractivity (Wildman–Crippen MR) is 149 cm³/mol. The minimum absolute atomic E-state index is 0.178. The van der Waals surface area contributed by atoms with E-state index < -0.39 is 11.9 Å². The van der Waals surface area contributed by atoms with Gasteiger partial charge in [0.15, 0.2) is 0 Å². The molecule has 0 aliphatic carbocycles. The second-order valence-electron chi connectivity index (χ2n) is 8.48. The molecule has 39 heavy (non-hydrogen) atoms. The lowest BCUT2D eigenvalue weighted by atomic mass is 10.2. The van der Waals surface area contributed by atoms with Gasteiger partial charge in [0, 0.05) is 18.3 Å². The van der Waals surface area contributed by atoms with E-state index in [1.54, 1.807) is 55.5 Å². The summed E-state index contributed by atoms with van der Waals surface area (Å²) in [7, 11) is 0. The molecule has 0 N–H and O–H groups in total. The van der Waals surface area contributed by atoms with Crippen LogP contribution >= 0.6 is 11.6 Å². The van der Waals surface area contributed by atoms with E-state index in [1.165, 1.54) is 6.08 Å². The van der Waals surface area contributed by atoms with Gasteiger partial charge < -0.3 is 23.7 Å². The number of esters is 3. The lowest BCUT2D eigenvalue weighted by Gasteiger charge is -2.09. The van der Waals surface area contributed by atoms with E-state index in [-0.39, 0.29) is 23.3 Å². The molecule has 0 bridgehead atoms. The van der Waals surface area contributed by atoms with Crippen molar-refractivity contribution in [2.75, 3.05) is 33.0 Å². The Kier molecular flexibility index (Phi) is 14.4. The number of halogens is 1. The zero-order valence-electron chi connectivity index (χ0n) is 22.4. The molecule has 0 fully saturated rings. The molecule has 2 aromatic carbocycles. The number of rotatable bonds is 17. The van der Waals surface area contributed by atoms with Gasteiger partial charge in [0.1, 0.15) is 18.1 Å². The van der Waals surface area contributed by atoms with Crippen molar-refractivity contribution < 1.29 is 38.1 Å². The van der Waals surface area contributed by atoms with Gasteiger partial charge in [-0.15, -0.1) is 0 Å². The van der Waals surface area contributed by atoms with Crippen LogP contribution in [0.25, 0.3) is 6.08 Å². The standard InChI is InChI=1S/C30H35ClO8/c1-4-35-19-20-37-28(32)16-10-23-9-15-27(26(31)21-23)39-30(34)24-11-13-25(14-12-24)36-17-7-5-6-8-18-38-29(33)22(2)3/h9-16,21H,2,4-8,17-20H2,1,3H3. The highest BCUT2D eigenvalue weighted by atomic mass is 35.5. The van der Waals surface area contributed by atoms with Gasteiger partial charge in [0.2, 0.25) is 0 Å². The third kappa shape index (κ3) is 12.7. The maximum Gasteiger partial charge on any atom is 0.343 e. The average Bonchev–Trinajstić information content (AvgIpc) is 2.92. The van der Waals surface area contributed by atoms with Crippen LogP contribution in [-0.4, -0.2) is 50.9 Å². The smallest absolute Gasteiger partial charge is 0.343 e. The normalized spacial score (nSPS) is 10.7. The Balaban J connectivity index is 1.72. The number of hydrogen-bond donors (Lipinski definition) is 0. The maximum atomic E-state index is 12.5. The van der Waals surface area contributed by atoms with Crippen LogP contribution in [0, 0.1) is 0 Å². The van der Waals surface area contributed by atoms with Gasteiger partial charge >= 0.3 is 17.9 Å². The summed E-state index contributed by atoms with van der Waals surface area (Å²) in [6, 6.07) is 11.5. The van der Waals surface area contributed by atoms with Crippen LogP contribution in [-0.2, 0) is 23.8 Å². The number of ether oxygens (including phenoxy) is 5. The van der Waals surface area contributed by atoms with Crippen LogP contribution in [0.15, 0.2) is 60.7 Å². The molecule has 0 atom stereocenters. The van der Waals surface area contributed by atoms with Crippen molar-refractivity contribution in [2.45, 2.75) is 39.5 Å². The molecule has 0 aliphatic heterocycles. The quantitative estimate of drug-likeness (QED) is 0.0978. The van der Waals surface area contributed by atoms with Gasteiger partial charge in [0.05, 0.1) is 30.4 Å². The first-order valence-corrected chi connectivity index (χ1v) is 13.2. The number of hydrogen-bond acceptors (Lipinski definition) is 8. The van der Waals surface area contributed by atoms with E-state index in [4.69, 9.17) is 35.3 Å². The SMILES string of the molecule is C=C(C)C(=O)OCCCCCCOc1ccc(C(=O)Oc2ccc(C=CC(=O)OCCOCC)cc2Cl)cc1. The fourth-order valence-electron chi connectivity index (χ4n) is 3.14. The molecule has 0 unspecified atom stereocenters. The van der Waals surface area contributed by atoms with Gasteiger partial charge in [-0.3, -0.25) is 0 Å². The van der Waals surface area contributed by atoms with Gasteiger partial charge in [0.25, 0.3) is 0 Å². The molecule has 0 aromatic heterocycles. The summed E-state index contributed by atoms with van der Waals surface area (Å²) in [5, 5.41) is 0.226. The van der Waals surface area contributed by atoms with E-state index in [0.717, 1.165) is 25.7 Å². The fraction of sp³-hybridized carbons (Fsp3) is 0.367. The fourth-order valence-corrected chi connectivity index (χ4v) is 3.37. The molecule has 0 spiro atoms. The Hall–Kier alpha value is -3.62. The molecule has 2 aromatic rings. The second-order valence-corrected chi connectivity index (χ2v) is 8.89. The summed E-state index contributed by atoms with van der Waals surface area (Å²) in [5.74, 6) is -0.561. The van der Waals surface area contributed by atoms with Crippen molar-refractivity contribution >= 4 is 35.6 Å². The van der Waals surface area contributed by atoms with Gasteiger partial charge in [-0.2, -0.15) is 0 Å². The summed E-state index contributed by atoms with van der Waals surface area (Å²) >= 11 is 6.27. The van der Waals surface area contributed by atoms with Crippen LogP contribution in [0.1, 0.15) is 55.5 Å². The Morgan fingerprint density at radius 2 is 1.62 bits per heavy atom. The zero-order valence-corrected chi connectivity index (χ0v) is 23.2. The highest BCUT2D eigenvalue weighted by Gasteiger charge is 2.12. The third-order valence-electron chi connectivity index (χ3n) is 5.23. The van der Waals surface area contributed by atoms with E-state index in [1.807, 2.05) is 6.92 Å². The van der Waals surface area contributed by atoms with E-state index in [2.05, 4.69) is 6.58 Å². The Bertz CT molecular complexity index is 1120. The van der Waals surface area contributed by atoms with Gasteiger partial charge in [-0.05, 0) is 87.6 Å². The second kappa shape index (κ2) is 17.8. The predicted octanol–water partition coefficient (Wildman–Crippen LogP) is 6.21. The Morgan fingerprint density at radius 3 is 2.28 bits per heavy atom. The molecule has 0 aliphatic rings. The van der Waals surface area contributed by atoms with Crippen LogP contribution < -0.4 is 9.47 Å². The Morgan fingerprint density at radius 1 is 0.897 bits per heavy atom. The average molecular weight is 559 g/mol. The number of carbonyl (C=O) groups excluding carboxylic acids is 3. The van der Waals surface area contributed by atoms with Crippen LogP contribution in [0.5, 0.6) is 11.5 Å². The number of carbonyl (C=O) groups is 3. The molecular weight excluding hydrogens is 524 g/mol. The topological polar surface area (TPSA) is 97.4 Å². The van der Waals surface area contributed by atoms with Gasteiger partial charge in [-0.25, -0.2) is 14.4 Å². The number of benzene rings is 2. The molecule has 0 saturated carbocycles. The molecule has 0 heterocycles. The van der Waals surface area contributed by atoms with Crippen molar-refractivity contribution in [3.8, 4) is 11.5 Å². The van der Waals surface area contributed by atoms with Crippen LogP contribution in [0.2, 0.25) is 5.02 Å². The first kappa shape index (κ1) is 31.6. The molecular formula is C30H35ClO8. The van der Waals surface area contributed by atoms with Crippen LogP contribution in [0.3, 0.4) is 0 Å².